The third-order valence-electron chi connectivity index (χ3n) is 3.81. The number of nitrogens with zero attached hydrogens (tertiary/aromatic N) is 1. The minimum Gasteiger partial charge on any atom is -0.496 e. The molecule has 0 aliphatic heterocycles. The minimum atomic E-state index is -0.842. The Morgan fingerprint density at radius 3 is 2.53 bits per heavy atom. The second-order valence-corrected chi connectivity index (χ2v) is 5.22. The molecule has 5 heteroatoms. The highest BCUT2D eigenvalue weighted by molar-refractivity contribution is 5.72. The fraction of sp³-hybridized carbons (Fsp3) is 0.786. The van der Waals surface area contributed by atoms with E-state index in [-0.39, 0.29) is 0 Å². The highest BCUT2D eigenvalue weighted by Gasteiger charge is 2.21. The van der Waals surface area contributed by atoms with Crippen LogP contribution in [-0.2, 0) is 14.3 Å². The Morgan fingerprint density at radius 1 is 1.47 bits per heavy atom. The predicted octanol–water partition coefficient (Wildman–Crippen LogP) is 2.09. The molecule has 0 bridgehead atoms. The van der Waals surface area contributed by atoms with Crippen molar-refractivity contribution < 1.29 is 19.4 Å². The summed E-state index contributed by atoms with van der Waals surface area (Å²) in [5.41, 5.74) is 0. The van der Waals surface area contributed by atoms with Gasteiger partial charge in [0, 0.05) is 0 Å². The highest BCUT2D eigenvalue weighted by atomic mass is 16.5. The van der Waals surface area contributed by atoms with Gasteiger partial charge in [0.15, 0.2) is 0 Å². The zero-order valence-corrected chi connectivity index (χ0v) is 12.3. The molecule has 1 N–H and O–H groups in total. The number of rotatable bonds is 8. The van der Waals surface area contributed by atoms with Crippen LogP contribution in [0.1, 0.15) is 33.1 Å². The van der Waals surface area contributed by atoms with Gasteiger partial charge in [0.25, 0.3) is 0 Å². The van der Waals surface area contributed by atoms with Crippen molar-refractivity contribution in [3.8, 4) is 0 Å². The Hall–Kier alpha value is -1.23. The zero-order valence-electron chi connectivity index (χ0n) is 12.3. The molecule has 0 spiro atoms. The van der Waals surface area contributed by atoms with Crippen LogP contribution in [0.5, 0.6) is 0 Å². The molecule has 0 aromatic rings. The van der Waals surface area contributed by atoms with Crippen LogP contribution in [0.25, 0.3) is 0 Å². The van der Waals surface area contributed by atoms with Crippen molar-refractivity contribution in [3.05, 3.63) is 11.5 Å². The van der Waals surface area contributed by atoms with E-state index in [4.69, 9.17) is 14.6 Å². The maximum absolute atomic E-state index is 10.9. The molecule has 1 aliphatic carbocycles. The van der Waals surface area contributed by atoms with Gasteiger partial charge in [-0.3, -0.25) is 9.69 Å². The summed E-state index contributed by atoms with van der Waals surface area (Å²) in [5.74, 6) is 1.27. The van der Waals surface area contributed by atoms with E-state index in [9.17, 15) is 4.79 Å². The fourth-order valence-corrected chi connectivity index (χ4v) is 1.85. The lowest BCUT2D eigenvalue weighted by molar-refractivity contribution is -0.142. The smallest absolute Gasteiger partial charge is 0.320 e. The van der Waals surface area contributed by atoms with Gasteiger partial charge in [-0.15, -0.1) is 0 Å². The van der Waals surface area contributed by atoms with Gasteiger partial charge in [-0.2, -0.15) is 0 Å². The van der Waals surface area contributed by atoms with E-state index in [0.29, 0.717) is 18.2 Å². The number of carboxylic acid groups (broad SMARTS) is 1. The maximum atomic E-state index is 10.9. The topological polar surface area (TPSA) is 59.0 Å². The Morgan fingerprint density at radius 2 is 2.11 bits per heavy atom. The summed E-state index contributed by atoms with van der Waals surface area (Å²) < 4.78 is 11.0. The molecular formula is C14H25NO4. The summed E-state index contributed by atoms with van der Waals surface area (Å²) in [6, 6.07) is -0.551. The molecule has 1 atom stereocenters. The lowest BCUT2D eigenvalue weighted by Crippen LogP contribution is -2.37. The summed E-state index contributed by atoms with van der Waals surface area (Å²) in [4.78, 5) is 12.6. The molecule has 5 nitrogen and oxygen atoms in total. The minimum absolute atomic E-state index is 0.431. The van der Waals surface area contributed by atoms with Gasteiger partial charge in [0.05, 0.1) is 20.3 Å². The molecule has 0 amide bonds. The zero-order chi connectivity index (χ0) is 14.4. The van der Waals surface area contributed by atoms with Crippen molar-refractivity contribution in [1.82, 2.24) is 4.90 Å². The second-order valence-electron chi connectivity index (χ2n) is 5.22. The van der Waals surface area contributed by atoms with Gasteiger partial charge in [0.2, 0.25) is 0 Å². The van der Waals surface area contributed by atoms with Crippen LogP contribution < -0.4 is 0 Å². The molecule has 0 saturated heterocycles. The highest BCUT2D eigenvalue weighted by Crippen LogP contribution is 2.27. The van der Waals surface area contributed by atoms with Crippen molar-refractivity contribution in [3.63, 3.8) is 0 Å². The molecule has 19 heavy (non-hydrogen) atoms. The molecule has 110 valence electrons. The van der Waals surface area contributed by atoms with Crippen LogP contribution in [0.4, 0.5) is 0 Å². The van der Waals surface area contributed by atoms with Crippen molar-refractivity contribution in [2.75, 3.05) is 27.3 Å². The summed E-state index contributed by atoms with van der Waals surface area (Å²) in [5, 5.41) is 8.96. The second kappa shape index (κ2) is 7.38. The third-order valence-corrected chi connectivity index (χ3v) is 3.81. The van der Waals surface area contributed by atoms with Crippen LogP contribution in [0, 0.1) is 5.92 Å². The van der Waals surface area contributed by atoms with Gasteiger partial charge in [-0.25, -0.2) is 0 Å². The normalized spacial score (nSPS) is 18.6. The first-order chi connectivity index (χ1) is 8.95. The number of hydrogen-bond acceptors (Lipinski definition) is 4. The number of carbonyl (C=O) groups is 1. The van der Waals surface area contributed by atoms with E-state index in [1.165, 1.54) is 19.3 Å². The Labute approximate surface area is 115 Å². The number of hydrogen-bond donors (Lipinski definition) is 1. The number of carboxylic acids is 1. The quantitative estimate of drug-likeness (QED) is 0.685. The standard InChI is InChI=1S/C14H25NO4/c1-10(14(16)17)15(3)8-13(18-4)11(2)19-9-12-6-5-7-12/h10,12H,5-9H2,1-4H3,(H,16,17). The average molecular weight is 271 g/mol. The molecule has 0 radical (unpaired) electrons. The molecule has 1 aliphatic rings. The summed E-state index contributed by atoms with van der Waals surface area (Å²) in [6.07, 6.45) is 3.78. The monoisotopic (exact) mass is 271 g/mol. The molecule has 1 saturated carbocycles. The van der Waals surface area contributed by atoms with E-state index in [1.807, 2.05) is 6.92 Å². The largest absolute Gasteiger partial charge is 0.496 e. The van der Waals surface area contributed by atoms with Crippen molar-refractivity contribution >= 4 is 5.97 Å². The molecule has 1 rings (SSSR count). The number of methoxy groups -OCH3 is 1. The van der Waals surface area contributed by atoms with Crippen LogP contribution in [0.3, 0.4) is 0 Å². The fourth-order valence-electron chi connectivity index (χ4n) is 1.85. The van der Waals surface area contributed by atoms with Gasteiger partial charge >= 0.3 is 5.97 Å². The number of allylic oxidation sites excluding steroid dienone is 1. The number of ether oxygens (including phenoxy) is 2. The van der Waals surface area contributed by atoms with Gasteiger partial charge < -0.3 is 14.6 Å². The van der Waals surface area contributed by atoms with Crippen LogP contribution in [-0.4, -0.2) is 49.3 Å². The molecule has 0 aromatic carbocycles. The number of likely N-dealkylation sites (N-methyl/N-ethyl adjacent to an activating group) is 1. The lowest BCUT2D eigenvalue weighted by Gasteiger charge is -2.27. The Balaban J connectivity index is 2.50. The van der Waals surface area contributed by atoms with E-state index in [1.54, 1.807) is 26.0 Å². The van der Waals surface area contributed by atoms with E-state index < -0.39 is 12.0 Å². The molecule has 1 unspecified atom stereocenters. The summed E-state index contributed by atoms with van der Waals surface area (Å²) >= 11 is 0. The van der Waals surface area contributed by atoms with E-state index >= 15 is 0 Å². The van der Waals surface area contributed by atoms with Crippen LogP contribution in [0.15, 0.2) is 11.5 Å². The molecule has 0 heterocycles. The lowest BCUT2D eigenvalue weighted by atomic mass is 9.86. The first kappa shape index (κ1) is 15.8. The molecular weight excluding hydrogens is 246 g/mol. The average Bonchev–Trinajstić information content (AvgIpc) is 2.32. The molecule has 0 aromatic heterocycles. The first-order valence-electron chi connectivity index (χ1n) is 6.75. The SMILES string of the molecule is COC(CN(C)C(C)C(=O)O)=C(C)OCC1CCC1. The molecule has 1 fully saturated rings. The Bertz CT molecular complexity index is 336. The summed E-state index contributed by atoms with van der Waals surface area (Å²) in [6.45, 7) is 4.69. The van der Waals surface area contributed by atoms with Crippen molar-refractivity contribution in [1.29, 1.82) is 0 Å². The first-order valence-corrected chi connectivity index (χ1v) is 6.75. The summed E-state index contributed by atoms with van der Waals surface area (Å²) in [7, 11) is 3.35. The van der Waals surface area contributed by atoms with Crippen molar-refractivity contribution in [2.45, 2.75) is 39.2 Å². The van der Waals surface area contributed by atoms with Gasteiger partial charge in [-0.05, 0) is 39.7 Å². The third kappa shape index (κ3) is 4.74. The Kier molecular flexibility index (Phi) is 6.15. The van der Waals surface area contributed by atoms with E-state index in [2.05, 4.69) is 0 Å². The van der Waals surface area contributed by atoms with Crippen LogP contribution in [0.2, 0.25) is 0 Å². The van der Waals surface area contributed by atoms with Gasteiger partial charge in [0.1, 0.15) is 17.6 Å². The van der Waals surface area contributed by atoms with Gasteiger partial charge in [-0.1, -0.05) is 6.42 Å². The van der Waals surface area contributed by atoms with Crippen LogP contribution >= 0.6 is 0 Å². The van der Waals surface area contributed by atoms with Crippen molar-refractivity contribution in [2.24, 2.45) is 5.92 Å². The van der Waals surface area contributed by atoms with E-state index in [0.717, 1.165) is 12.4 Å². The maximum Gasteiger partial charge on any atom is 0.320 e. The predicted molar refractivity (Wildman–Crippen MR) is 72.7 cm³/mol. The number of aliphatic carboxylic acids is 1.